The number of terminal acetylenes is 1. The van der Waals surface area contributed by atoms with Crippen LogP contribution in [0.15, 0.2) is 24.3 Å². The van der Waals surface area contributed by atoms with E-state index >= 15 is 0 Å². The number of benzene rings is 1. The van der Waals surface area contributed by atoms with Crippen LogP contribution in [0, 0.1) is 24.2 Å². The van der Waals surface area contributed by atoms with Crippen LogP contribution in [0.4, 0.5) is 0 Å². The molecule has 0 saturated carbocycles. The van der Waals surface area contributed by atoms with Gasteiger partial charge in [0.05, 0.1) is 39.6 Å². The summed E-state index contributed by atoms with van der Waals surface area (Å²) in [5.41, 5.74) is 1.10. The quantitative estimate of drug-likeness (QED) is 0.169. The average Bonchev–Trinajstić information content (AvgIpc) is 2.76. The van der Waals surface area contributed by atoms with Crippen LogP contribution in [0.2, 0.25) is 0 Å². The number of ketones is 2. The summed E-state index contributed by atoms with van der Waals surface area (Å²) in [7, 11) is 0. The Bertz CT molecular complexity index is 721. The minimum atomic E-state index is -0.240. The lowest BCUT2D eigenvalue weighted by atomic mass is 10.0. The van der Waals surface area contributed by atoms with Gasteiger partial charge >= 0.3 is 0 Å². The molecule has 0 spiro atoms. The second-order valence-corrected chi connectivity index (χ2v) is 6.26. The first-order valence-corrected chi connectivity index (χ1v) is 10.0. The van der Waals surface area contributed by atoms with Crippen LogP contribution in [0.1, 0.15) is 46.9 Å². The molecule has 0 aliphatic carbocycles. The number of carbonyl (C=O) groups is 2. The first kappa shape index (κ1) is 25.6. The Hall–Kier alpha value is -2.48. The van der Waals surface area contributed by atoms with Crippen molar-refractivity contribution in [2.75, 3.05) is 52.9 Å². The summed E-state index contributed by atoms with van der Waals surface area (Å²) in [6.45, 7) is 5.50. The van der Waals surface area contributed by atoms with Crippen LogP contribution in [0.25, 0.3) is 0 Å². The van der Waals surface area contributed by atoms with Gasteiger partial charge in [-0.2, -0.15) is 0 Å². The monoisotopic (exact) mass is 414 g/mol. The molecule has 0 aromatic heterocycles. The van der Waals surface area contributed by atoms with E-state index in [9.17, 15) is 9.59 Å². The molecule has 0 saturated heterocycles. The maximum absolute atomic E-state index is 12.2. The molecule has 0 bridgehead atoms. The number of unbranched alkanes of at least 4 members (excludes halogenated alkanes) is 1. The molecule has 0 aliphatic heterocycles. The van der Waals surface area contributed by atoms with Crippen molar-refractivity contribution in [2.45, 2.75) is 26.2 Å². The lowest BCUT2D eigenvalue weighted by molar-refractivity contribution is 0.000942. The largest absolute Gasteiger partial charge is 0.379 e. The summed E-state index contributed by atoms with van der Waals surface area (Å²) in [5, 5.41) is 0. The molecular formula is C24H30O6. The van der Waals surface area contributed by atoms with Crippen LogP contribution in [-0.2, 0) is 18.9 Å². The third-order valence-electron chi connectivity index (χ3n) is 3.95. The Morgan fingerprint density at radius 3 is 1.90 bits per heavy atom. The van der Waals surface area contributed by atoms with Gasteiger partial charge in [0.25, 0.3) is 0 Å². The Balaban J connectivity index is 1.97. The van der Waals surface area contributed by atoms with E-state index in [4.69, 9.17) is 25.4 Å². The van der Waals surface area contributed by atoms with Crippen LogP contribution in [0.5, 0.6) is 0 Å². The first-order chi connectivity index (χ1) is 14.7. The molecular weight excluding hydrogens is 384 g/mol. The summed E-state index contributed by atoms with van der Waals surface area (Å²) in [6.07, 6.45) is 7.06. The van der Waals surface area contributed by atoms with Crippen molar-refractivity contribution < 1.29 is 28.5 Å². The van der Waals surface area contributed by atoms with Crippen molar-refractivity contribution in [3.05, 3.63) is 35.4 Å². The van der Waals surface area contributed by atoms with Gasteiger partial charge in [0.1, 0.15) is 6.61 Å². The highest BCUT2D eigenvalue weighted by molar-refractivity contribution is 6.09. The van der Waals surface area contributed by atoms with E-state index in [1.807, 2.05) is 0 Å². The molecule has 6 nitrogen and oxygen atoms in total. The number of hydrogen-bond acceptors (Lipinski definition) is 6. The number of rotatable bonds is 17. The smallest absolute Gasteiger partial charge is 0.235 e. The minimum absolute atomic E-state index is 0.0589. The number of carbonyl (C=O) groups excluding carboxylic acids is 2. The van der Waals surface area contributed by atoms with Gasteiger partial charge < -0.3 is 18.9 Å². The molecule has 0 aliphatic rings. The molecule has 1 aromatic carbocycles. The van der Waals surface area contributed by atoms with Crippen molar-refractivity contribution in [3.63, 3.8) is 0 Å². The molecule has 1 rings (SSSR count). The molecule has 0 heterocycles. The van der Waals surface area contributed by atoms with Crippen LogP contribution < -0.4 is 0 Å². The van der Waals surface area contributed by atoms with Crippen LogP contribution in [-0.4, -0.2) is 64.4 Å². The van der Waals surface area contributed by atoms with Gasteiger partial charge in [-0.1, -0.05) is 24.0 Å². The normalized spacial score (nSPS) is 10.1. The maximum Gasteiger partial charge on any atom is 0.235 e. The third-order valence-corrected chi connectivity index (χ3v) is 3.95. The Morgan fingerprint density at radius 2 is 1.33 bits per heavy atom. The predicted octanol–water partition coefficient (Wildman–Crippen LogP) is 2.95. The van der Waals surface area contributed by atoms with Crippen molar-refractivity contribution in [2.24, 2.45) is 0 Å². The molecule has 0 fully saturated rings. The fourth-order valence-corrected chi connectivity index (χ4v) is 2.42. The van der Waals surface area contributed by atoms with Crippen molar-refractivity contribution in [1.29, 1.82) is 0 Å². The highest BCUT2D eigenvalue weighted by Crippen LogP contribution is 2.10. The lowest BCUT2D eigenvalue weighted by Crippen LogP contribution is -2.12. The van der Waals surface area contributed by atoms with Gasteiger partial charge in [-0.15, -0.1) is 6.42 Å². The van der Waals surface area contributed by atoms with Gasteiger partial charge in [0.15, 0.2) is 5.78 Å². The summed E-state index contributed by atoms with van der Waals surface area (Å²) >= 11 is 0. The van der Waals surface area contributed by atoms with E-state index in [1.54, 1.807) is 31.2 Å². The summed E-state index contributed by atoms with van der Waals surface area (Å²) < 4.78 is 21.3. The predicted molar refractivity (Wildman–Crippen MR) is 115 cm³/mol. The lowest BCUT2D eigenvalue weighted by Gasteiger charge is -2.07. The van der Waals surface area contributed by atoms with Crippen molar-refractivity contribution in [1.82, 2.24) is 0 Å². The number of ether oxygens (including phenoxy) is 4. The van der Waals surface area contributed by atoms with Gasteiger partial charge in [0.2, 0.25) is 5.78 Å². The van der Waals surface area contributed by atoms with Crippen LogP contribution >= 0.6 is 0 Å². The molecule has 0 amide bonds. The van der Waals surface area contributed by atoms with Gasteiger partial charge in [-0.05, 0) is 37.8 Å². The summed E-state index contributed by atoms with van der Waals surface area (Å²) in [4.78, 5) is 23.8. The molecule has 6 heteroatoms. The maximum atomic E-state index is 12.2. The average molecular weight is 414 g/mol. The molecule has 0 radical (unpaired) electrons. The zero-order valence-electron chi connectivity index (χ0n) is 17.6. The topological polar surface area (TPSA) is 71.1 Å². The van der Waals surface area contributed by atoms with Gasteiger partial charge in [0, 0.05) is 24.2 Å². The summed E-state index contributed by atoms with van der Waals surface area (Å²) in [6, 6.07) is 6.63. The second kappa shape index (κ2) is 17.4. The highest BCUT2D eigenvalue weighted by atomic mass is 16.6. The molecule has 0 atom stereocenters. The fourth-order valence-electron chi connectivity index (χ4n) is 2.42. The Morgan fingerprint density at radius 1 is 0.800 bits per heavy atom. The van der Waals surface area contributed by atoms with E-state index < -0.39 is 0 Å². The van der Waals surface area contributed by atoms with E-state index in [1.165, 1.54) is 0 Å². The molecule has 0 unspecified atom stereocenters. The second-order valence-electron chi connectivity index (χ2n) is 6.26. The van der Waals surface area contributed by atoms with Gasteiger partial charge in [-0.25, -0.2) is 0 Å². The third kappa shape index (κ3) is 12.2. The molecule has 30 heavy (non-hydrogen) atoms. The first-order valence-electron chi connectivity index (χ1n) is 10.0. The molecule has 162 valence electrons. The Kier molecular flexibility index (Phi) is 14.8. The SMILES string of the molecule is C#CCOCCOCCOCCOCCCCC(=O)c1ccc(C(=O)C#CC)cc1. The van der Waals surface area contributed by atoms with Gasteiger partial charge in [-0.3, -0.25) is 9.59 Å². The van der Waals surface area contributed by atoms with E-state index in [-0.39, 0.29) is 11.6 Å². The zero-order chi connectivity index (χ0) is 21.9. The number of Topliss-reactive ketones (excluding diaryl/α,β-unsaturated/α-hetero) is 2. The molecule has 1 aromatic rings. The van der Waals surface area contributed by atoms with E-state index in [2.05, 4.69) is 17.8 Å². The zero-order valence-corrected chi connectivity index (χ0v) is 17.6. The molecule has 0 N–H and O–H groups in total. The van der Waals surface area contributed by atoms with Crippen molar-refractivity contribution >= 4 is 11.6 Å². The number of hydrogen-bond donors (Lipinski definition) is 0. The Labute approximate surface area is 179 Å². The highest BCUT2D eigenvalue weighted by Gasteiger charge is 2.07. The minimum Gasteiger partial charge on any atom is -0.379 e. The van der Waals surface area contributed by atoms with E-state index in [0.29, 0.717) is 70.4 Å². The standard InChI is InChI=1S/C24H30O6/c1-3-7-23(25)21-9-11-22(12-10-21)24(26)8-5-6-14-28-16-18-30-20-19-29-17-15-27-13-4-2/h2,9-12H,5-6,8,13-20H2,1H3. The summed E-state index contributed by atoms with van der Waals surface area (Å²) in [5.74, 6) is 7.26. The van der Waals surface area contributed by atoms with E-state index in [0.717, 1.165) is 12.8 Å². The van der Waals surface area contributed by atoms with Crippen LogP contribution in [0.3, 0.4) is 0 Å². The fraction of sp³-hybridized carbons (Fsp3) is 0.500. The van der Waals surface area contributed by atoms with Crippen molar-refractivity contribution in [3.8, 4) is 24.2 Å².